The number of benzene rings is 1. The third-order valence-electron chi connectivity index (χ3n) is 2.19. The van der Waals surface area contributed by atoms with E-state index in [0.717, 1.165) is 0 Å². The molecule has 0 saturated carbocycles. The molecule has 2 aromatic rings. The number of nitrogens with zero attached hydrogens (tertiary/aromatic N) is 1. The number of nitrogens with two attached hydrogens (primary N) is 1. The van der Waals surface area contributed by atoms with Gasteiger partial charge in [0.25, 0.3) is 10.0 Å². The number of hydrogen-bond donors (Lipinski definition) is 4. The molecule has 0 radical (unpaired) electrons. The maximum atomic E-state index is 11.9. The summed E-state index contributed by atoms with van der Waals surface area (Å²) in [5.41, 5.74) is 6.11. The summed E-state index contributed by atoms with van der Waals surface area (Å²) in [4.78, 5) is 0. The Labute approximate surface area is 104 Å². The van der Waals surface area contributed by atoms with Gasteiger partial charge in [0.2, 0.25) is 0 Å². The van der Waals surface area contributed by atoms with Gasteiger partial charge >= 0.3 is 0 Å². The standard InChI is InChI=1S/C10H11N5O2S/c11-10(12)7-2-1-3-8(6-7)15-18(16,17)9-4-5-13-14-9/h1-6,15H,(H3,11,12)(H,13,14). The van der Waals surface area contributed by atoms with E-state index in [1.165, 1.54) is 18.3 Å². The molecule has 1 aromatic carbocycles. The number of aromatic amines is 1. The highest BCUT2D eigenvalue weighted by Crippen LogP contribution is 2.15. The van der Waals surface area contributed by atoms with Crippen LogP contribution in [0.4, 0.5) is 5.69 Å². The van der Waals surface area contributed by atoms with Gasteiger partial charge in [0, 0.05) is 11.3 Å². The first kappa shape index (κ1) is 12.1. The average Bonchev–Trinajstić information content (AvgIpc) is 2.82. The summed E-state index contributed by atoms with van der Waals surface area (Å²) in [6, 6.07) is 7.63. The average molecular weight is 265 g/mol. The minimum absolute atomic E-state index is 0.0317. The van der Waals surface area contributed by atoms with E-state index >= 15 is 0 Å². The molecule has 0 saturated heterocycles. The smallest absolute Gasteiger partial charge is 0.278 e. The van der Waals surface area contributed by atoms with Gasteiger partial charge in [-0.05, 0) is 18.2 Å². The Morgan fingerprint density at radius 3 is 2.78 bits per heavy atom. The number of nitrogen functional groups attached to an aromatic ring is 1. The molecule has 7 nitrogen and oxygen atoms in total. The second kappa shape index (κ2) is 4.49. The van der Waals surface area contributed by atoms with Gasteiger partial charge in [0.1, 0.15) is 5.84 Å². The van der Waals surface area contributed by atoms with Crippen LogP contribution in [-0.4, -0.2) is 24.5 Å². The van der Waals surface area contributed by atoms with E-state index in [2.05, 4.69) is 14.9 Å². The van der Waals surface area contributed by atoms with E-state index in [-0.39, 0.29) is 10.9 Å². The van der Waals surface area contributed by atoms with Crippen molar-refractivity contribution in [3.63, 3.8) is 0 Å². The molecule has 0 aliphatic carbocycles. The first-order chi connectivity index (χ1) is 8.49. The van der Waals surface area contributed by atoms with Crippen LogP contribution >= 0.6 is 0 Å². The zero-order chi connectivity index (χ0) is 13.2. The topological polar surface area (TPSA) is 125 Å². The normalized spacial score (nSPS) is 11.1. The van der Waals surface area contributed by atoms with Crippen molar-refractivity contribution in [2.24, 2.45) is 5.73 Å². The summed E-state index contributed by atoms with van der Waals surface area (Å²) in [6.45, 7) is 0. The molecule has 0 atom stereocenters. The SMILES string of the molecule is N=C(N)c1cccc(NS(=O)(=O)c2ccn[nH]2)c1. The number of rotatable bonds is 4. The van der Waals surface area contributed by atoms with Crippen molar-refractivity contribution < 1.29 is 8.42 Å². The van der Waals surface area contributed by atoms with E-state index in [0.29, 0.717) is 11.3 Å². The van der Waals surface area contributed by atoms with Crippen molar-refractivity contribution in [1.29, 1.82) is 5.41 Å². The lowest BCUT2D eigenvalue weighted by atomic mass is 10.2. The van der Waals surface area contributed by atoms with Crippen LogP contribution < -0.4 is 10.5 Å². The van der Waals surface area contributed by atoms with Gasteiger partial charge in [-0.2, -0.15) is 13.5 Å². The Morgan fingerprint density at radius 1 is 1.39 bits per heavy atom. The number of anilines is 1. The molecule has 0 aliphatic heterocycles. The fourth-order valence-corrected chi connectivity index (χ4v) is 2.31. The monoisotopic (exact) mass is 265 g/mol. The summed E-state index contributed by atoms with van der Waals surface area (Å²) in [7, 11) is -3.69. The lowest BCUT2D eigenvalue weighted by molar-refractivity contribution is 0.597. The van der Waals surface area contributed by atoms with Gasteiger partial charge in [0.15, 0.2) is 5.03 Å². The zero-order valence-electron chi connectivity index (χ0n) is 9.21. The van der Waals surface area contributed by atoms with Crippen LogP contribution in [0.15, 0.2) is 41.6 Å². The van der Waals surface area contributed by atoms with Crippen LogP contribution in [0.5, 0.6) is 0 Å². The molecule has 0 fully saturated rings. The van der Waals surface area contributed by atoms with E-state index in [1.54, 1.807) is 18.2 Å². The van der Waals surface area contributed by atoms with Gasteiger partial charge in [-0.1, -0.05) is 12.1 Å². The number of aromatic nitrogens is 2. The predicted molar refractivity (Wildman–Crippen MR) is 66.9 cm³/mol. The molecule has 0 spiro atoms. The van der Waals surface area contributed by atoms with Gasteiger partial charge in [-0.3, -0.25) is 15.2 Å². The van der Waals surface area contributed by atoms with Crippen LogP contribution in [-0.2, 0) is 10.0 Å². The Hall–Kier alpha value is -2.35. The first-order valence-corrected chi connectivity index (χ1v) is 6.44. The first-order valence-electron chi connectivity index (χ1n) is 4.96. The fraction of sp³-hybridized carbons (Fsp3) is 0. The molecule has 0 unspecified atom stereocenters. The van der Waals surface area contributed by atoms with Crippen molar-refractivity contribution in [3.8, 4) is 0 Å². The molecule has 18 heavy (non-hydrogen) atoms. The van der Waals surface area contributed by atoms with E-state index in [9.17, 15) is 8.42 Å². The molecule has 0 amide bonds. The Balaban J connectivity index is 2.30. The largest absolute Gasteiger partial charge is 0.384 e. The third kappa shape index (κ3) is 2.48. The number of H-pyrrole nitrogens is 1. The summed E-state index contributed by atoms with van der Waals surface area (Å²) in [5, 5.41) is 13.2. The van der Waals surface area contributed by atoms with Crippen LogP contribution in [0.3, 0.4) is 0 Å². The van der Waals surface area contributed by atoms with E-state index < -0.39 is 10.0 Å². The summed E-state index contributed by atoms with van der Waals surface area (Å²) >= 11 is 0. The van der Waals surface area contributed by atoms with Gasteiger partial charge < -0.3 is 5.73 Å². The molecule has 5 N–H and O–H groups in total. The van der Waals surface area contributed by atoms with Gasteiger partial charge in [0.05, 0.1) is 6.20 Å². The van der Waals surface area contributed by atoms with Gasteiger partial charge in [-0.25, -0.2) is 0 Å². The molecular formula is C10H11N5O2S. The maximum absolute atomic E-state index is 11.9. The summed E-state index contributed by atoms with van der Waals surface area (Å²) in [5.74, 6) is -0.127. The van der Waals surface area contributed by atoms with Crippen LogP contribution in [0, 0.1) is 5.41 Å². The number of nitrogens with one attached hydrogen (secondary N) is 3. The maximum Gasteiger partial charge on any atom is 0.278 e. The minimum atomic E-state index is -3.69. The second-order valence-corrected chi connectivity index (χ2v) is 5.17. The van der Waals surface area contributed by atoms with Crippen molar-refractivity contribution in [2.45, 2.75) is 5.03 Å². The van der Waals surface area contributed by atoms with Crippen LogP contribution in [0.25, 0.3) is 0 Å². The predicted octanol–water partition coefficient (Wildman–Crippen LogP) is 0.495. The van der Waals surface area contributed by atoms with Crippen molar-refractivity contribution in [3.05, 3.63) is 42.1 Å². The number of hydrogen-bond acceptors (Lipinski definition) is 4. The molecule has 8 heteroatoms. The Kier molecular flexibility index (Phi) is 3.02. The fourth-order valence-electron chi connectivity index (χ4n) is 1.35. The number of sulfonamides is 1. The van der Waals surface area contributed by atoms with Crippen LogP contribution in [0.2, 0.25) is 0 Å². The van der Waals surface area contributed by atoms with Gasteiger partial charge in [-0.15, -0.1) is 0 Å². The highest BCUT2D eigenvalue weighted by atomic mass is 32.2. The highest BCUT2D eigenvalue weighted by Gasteiger charge is 2.15. The molecular weight excluding hydrogens is 254 g/mol. The third-order valence-corrected chi connectivity index (χ3v) is 3.50. The Bertz CT molecular complexity index is 663. The molecule has 0 bridgehead atoms. The second-order valence-electron chi connectivity index (χ2n) is 3.52. The molecule has 0 aliphatic rings. The summed E-state index contributed by atoms with van der Waals surface area (Å²) in [6.07, 6.45) is 1.35. The molecule has 1 aromatic heterocycles. The zero-order valence-corrected chi connectivity index (χ0v) is 10.0. The minimum Gasteiger partial charge on any atom is -0.384 e. The number of amidine groups is 1. The highest BCUT2D eigenvalue weighted by molar-refractivity contribution is 7.92. The van der Waals surface area contributed by atoms with Crippen molar-refractivity contribution in [1.82, 2.24) is 10.2 Å². The molecule has 1 heterocycles. The van der Waals surface area contributed by atoms with E-state index in [1.807, 2.05) is 0 Å². The Morgan fingerprint density at radius 2 is 2.17 bits per heavy atom. The quantitative estimate of drug-likeness (QED) is 0.474. The van der Waals surface area contributed by atoms with E-state index in [4.69, 9.17) is 11.1 Å². The lowest BCUT2D eigenvalue weighted by Gasteiger charge is -2.07. The molecule has 2 rings (SSSR count). The van der Waals surface area contributed by atoms with Crippen molar-refractivity contribution in [2.75, 3.05) is 4.72 Å². The van der Waals surface area contributed by atoms with Crippen molar-refractivity contribution >= 4 is 21.5 Å². The van der Waals surface area contributed by atoms with Crippen LogP contribution in [0.1, 0.15) is 5.56 Å². The lowest BCUT2D eigenvalue weighted by Crippen LogP contribution is -2.15. The summed E-state index contributed by atoms with van der Waals surface area (Å²) < 4.78 is 26.1. The molecule has 94 valence electrons.